The van der Waals surface area contributed by atoms with Crippen molar-refractivity contribution in [2.75, 3.05) is 18.8 Å². The second kappa shape index (κ2) is 7.07. The lowest BCUT2D eigenvalue weighted by atomic mass is 10.1. The number of pyridine rings is 1. The molecule has 2 N–H and O–H groups in total. The molecular weight excluding hydrogens is 302 g/mol. The molecule has 3 rings (SSSR count). The summed E-state index contributed by atoms with van der Waals surface area (Å²) in [5.41, 5.74) is 7.33. The second-order valence-electron chi connectivity index (χ2n) is 6.51. The molecule has 1 saturated heterocycles. The molecule has 1 aromatic carbocycles. The molecule has 1 aliphatic rings. The number of aromatic nitrogens is 1. The van der Waals surface area contributed by atoms with E-state index in [1.165, 1.54) is 0 Å². The zero-order chi connectivity index (χ0) is 17.1. The van der Waals surface area contributed by atoms with Crippen LogP contribution in [0.15, 0.2) is 29.2 Å². The molecule has 0 spiro atoms. The summed E-state index contributed by atoms with van der Waals surface area (Å²) in [5, 5.41) is 0.471. The molecule has 1 aliphatic heterocycles. The summed E-state index contributed by atoms with van der Waals surface area (Å²) in [5.74, 6) is -0.160. The number of likely N-dealkylation sites (tertiary alicyclic amines) is 1. The van der Waals surface area contributed by atoms with E-state index in [1.807, 2.05) is 16.7 Å². The van der Waals surface area contributed by atoms with E-state index in [-0.39, 0.29) is 16.9 Å². The summed E-state index contributed by atoms with van der Waals surface area (Å²) < 4.78 is 2.02. The maximum atomic E-state index is 12.9. The maximum Gasteiger partial charge on any atom is 0.259 e. The van der Waals surface area contributed by atoms with E-state index in [9.17, 15) is 9.59 Å². The van der Waals surface area contributed by atoms with Gasteiger partial charge in [-0.2, -0.15) is 0 Å². The highest BCUT2D eigenvalue weighted by Gasteiger charge is 2.24. The summed E-state index contributed by atoms with van der Waals surface area (Å²) in [6, 6.07) is 5.49. The van der Waals surface area contributed by atoms with E-state index in [0.29, 0.717) is 11.1 Å². The first-order valence-electron chi connectivity index (χ1n) is 8.84. The summed E-state index contributed by atoms with van der Waals surface area (Å²) >= 11 is 0. The average Bonchev–Trinajstić information content (AvgIpc) is 3.11. The minimum atomic E-state index is -0.244. The van der Waals surface area contributed by atoms with Gasteiger partial charge in [0.15, 0.2) is 0 Å². The van der Waals surface area contributed by atoms with Crippen LogP contribution < -0.4 is 11.2 Å². The Morgan fingerprint density at radius 1 is 1.21 bits per heavy atom. The van der Waals surface area contributed by atoms with E-state index >= 15 is 0 Å². The van der Waals surface area contributed by atoms with Gasteiger partial charge in [-0.05, 0) is 31.4 Å². The molecule has 0 radical (unpaired) electrons. The van der Waals surface area contributed by atoms with Gasteiger partial charge < -0.3 is 15.2 Å². The number of rotatable bonds is 5. The third kappa shape index (κ3) is 3.03. The fraction of sp³-hybridized carbons (Fsp3) is 0.474. The standard InChI is InChI=1S/C19H25N3O2/c1-2-3-4-12-22-13-14(19(24)21-10-5-6-11-21)18(23)17-15(20)8-7-9-16(17)22/h7-9,13H,2-6,10-12,20H2,1H3. The van der Waals surface area contributed by atoms with E-state index in [0.717, 1.165) is 57.3 Å². The zero-order valence-corrected chi connectivity index (χ0v) is 14.3. The summed E-state index contributed by atoms with van der Waals surface area (Å²) in [6.45, 7) is 4.41. The number of carbonyl (C=O) groups is 1. The second-order valence-corrected chi connectivity index (χ2v) is 6.51. The molecule has 0 saturated carbocycles. The Morgan fingerprint density at radius 2 is 1.96 bits per heavy atom. The predicted octanol–water partition coefficient (Wildman–Crippen LogP) is 3.01. The van der Waals surface area contributed by atoms with Crippen LogP contribution in [0.2, 0.25) is 0 Å². The minimum absolute atomic E-state index is 0.160. The van der Waals surface area contributed by atoms with Gasteiger partial charge in [0.25, 0.3) is 5.91 Å². The van der Waals surface area contributed by atoms with Crippen LogP contribution in [0.1, 0.15) is 49.4 Å². The number of nitrogens with two attached hydrogens (primary N) is 1. The fourth-order valence-corrected chi connectivity index (χ4v) is 3.42. The number of anilines is 1. The Balaban J connectivity index is 2.11. The van der Waals surface area contributed by atoms with Crippen LogP contribution in [0.25, 0.3) is 10.9 Å². The lowest BCUT2D eigenvalue weighted by Crippen LogP contribution is -2.32. The first kappa shape index (κ1) is 16.6. The molecule has 1 fully saturated rings. The molecule has 0 unspecified atom stereocenters. The van der Waals surface area contributed by atoms with Gasteiger partial charge in [0, 0.05) is 31.5 Å². The SMILES string of the molecule is CCCCCn1cc(C(=O)N2CCCC2)c(=O)c2c(N)cccc21. The van der Waals surface area contributed by atoms with Gasteiger partial charge in [-0.3, -0.25) is 9.59 Å². The van der Waals surface area contributed by atoms with Crippen molar-refractivity contribution in [2.24, 2.45) is 0 Å². The quantitative estimate of drug-likeness (QED) is 0.678. The number of hydrogen-bond donors (Lipinski definition) is 1. The Morgan fingerprint density at radius 3 is 2.67 bits per heavy atom. The first-order chi connectivity index (χ1) is 11.6. The van der Waals surface area contributed by atoms with Crippen LogP contribution in [0.4, 0.5) is 5.69 Å². The van der Waals surface area contributed by atoms with Gasteiger partial charge in [0.1, 0.15) is 5.56 Å². The predicted molar refractivity (Wildman–Crippen MR) is 97.3 cm³/mol. The third-order valence-corrected chi connectivity index (χ3v) is 4.77. The van der Waals surface area contributed by atoms with Crippen molar-refractivity contribution in [1.29, 1.82) is 0 Å². The molecule has 0 aliphatic carbocycles. The summed E-state index contributed by atoms with van der Waals surface area (Å²) in [4.78, 5) is 27.4. The van der Waals surface area contributed by atoms with E-state index in [2.05, 4.69) is 6.92 Å². The van der Waals surface area contributed by atoms with Gasteiger partial charge in [-0.1, -0.05) is 25.8 Å². The van der Waals surface area contributed by atoms with Crippen molar-refractivity contribution < 1.29 is 4.79 Å². The Bertz CT molecular complexity index is 804. The molecule has 0 atom stereocenters. The molecule has 24 heavy (non-hydrogen) atoms. The number of unbranched alkanes of at least 4 members (excludes halogenated alkanes) is 2. The number of carbonyl (C=O) groups excluding carboxylic acids is 1. The number of nitrogen functional groups attached to an aromatic ring is 1. The van der Waals surface area contributed by atoms with Crippen molar-refractivity contribution >= 4 is 22.5 Å². The molecule has 2 aromatic rings. The van der Waals surface area contributed by atoms with Crippen LogP contribution in [0.5, 0.6) is 0 Å². The molecule has 1 amide bonds. The molecule has 0 bridgehead atoms. The Hall–Kier alpha value is -2.30. The topological polar surface area (TPSA) is 68.3 Å². The van der Waals surface area contributed by atoms with Crippen molar-refractivity contribution in [3.63, 3.8) is 0 Å². The summed E-state index contributed by atoms with van der Waals surface area (Å²) in [6.07, 6.45) is 7.00. The van der Waals surface area contributed by atoms with Gasteiger partial charge in [0.2, 0.25) is 5.43 Å². The molecular formula is C19H25N3O2. The number of amides is 1. The van der Waals surface area contributed by atoms with Gasteiger partial charge in [-0.25, -0.2) is 0 Å². The van der Waals surface area contributed by atoms with Crippen LogP contribution in [0, 0.1) is 0 Å². The number of fused-ring (bicyclic) bond motifs is 1. The maximum absolute atomic E-state index is 12.9. The largest absolute Gasteiger partial charge is 0.398 e. The lowest BCUT2D eigenvalue weighted by molar-refractivity contribution is 0.0791. The molecule has 5 heteroatoms. The van der Waals surface area contributed by atoms with Gasteiger partial charge >= 0.3 is 0 Å². The van der Waals surface area contributed by atoms with Crippen LogP contribution in [0.3, 0.4) is 0 Å². The fourth-order valence-electron chi connectivity index (χ4n) is 3.42. The Labute approximate surface area is 142 Å². The molecule has 5 nitrogen and oxygen atoms in total. The summed E-state index contributed by atoms with van der Waals surface area (Å²) in [7, 11) is 0. The molecule has 128 valence electrons. The van der Waals surface area contributed by atoms with Crippen molar-refractivity contribution in [2.45, 2.75) is 45.6 Å². The highest BCUT2D eigenvalue weighted by Crippen LogP contribution is 2.20. The monoisotopic (exact) mass is 327 g/mol. The number of hydrogen-bond acceptors (Lipinski definition) is 3. The highest BCUT2D eigenvalue weighted by atomic mass is 16.2. The average molecular weight is 327 g/mol. The highest BCUT2D eigenvalue weighted by molar-refractivity contribution is 6.00. The number of benzene rings is 1. The first-order valence-corrected chi connectivity index (χ1v) is 8.84. The van der Waals surface area contributed by atoms with Crippen LogP contribution >= 0.6 is 0 Å². The Kier molecular flexibility index (Phi) is 4.88. The van der Waals surface area contributed by atoms with E-state index in [1.54, 1.807) is 17.2 Å². The third-order valence-electron chi connectivity index (χ3n) is 4.77. The van der Waals surface area contributed by atoms with Crippen molar-refractivity contribution in [3.8, 4) is 0 Å². The van der Waals surface area contributed by atoms with Gasteiger partial charge in [-0.15, -0.1) is 0 Å². The van der Waals surface area contributed by atoms with E-state index < -0.39 is 0 Å². The normalized spacial score (nSPS) is 14.5. The number of aryl methyl sites for hydroxylation is 1. The molecule has 1 aromatic heterocycles. The minimum Gasteiger partial charge on any atom is -0.398 e. The van der Waals surface area contributed by atoms with Gasteiger partial charge in [0.05, 0.1) is 10.9 Å². The zero-order valence-electron chi connectivity index (χ0n) is 14.3. The molecule has 2 heterocycles. The van der Waals surface area contributed by atoms with Crippen LogP contribution in [-0.2, 0) is 6.54 Å². The smallest absolute Gasteiger partial charge is 0.259 e. The van der Waals surface area contributed by atoms with Crippen LogP contribution in [-0.4, -0.2) is 28.5 Å². The van der Waals surface area contributed by atoms with Crippen molar-refractivity contribution in [1.82, 2.24) is 9.47 Å². The lowest BCUT2D eigenvalue weighted by Gasteiger charge is -2.18. The van der Waals surface area contributed by atoms with Crippen molar-refractivity contribution in [3.05, 3.63) is 40.2 Å². The van der Waals surface area contributed by atoms with E-state index in [4.69, 9.17) is 5.73 Å². The number of nitrogens with zero attached hydrogens (tertiary/aromatic N) is 2.